The van der Waals surface area contributed by atoms with Gasteiger partial charge in [-0.3, -0.25) is 19.2 Å². The van der Waals surface area contributed by atoms with E-state index in [-0.39, 0.29) is 0 Å². The highest BCUT2D eigenvalue weighted by molar-refractivity contribution is 7.36. The van der Waals surface area contributed by atoms with Crippen molar-refractivity contribution in [3.05, 3.63) is 12.2 Å². The molecule has 1 aliphatic rings. The predicted octanol–water partition coefficient (Wildman–Crippen LogP) is -0.572. The molecule has 0 saturated heterocycles. The van der Waals surface area contributed by atoms with Crippen molar-refractivity contribution in [2.24, 2.45) is 0 Å². The summed E-state index contributed by atoms with van der Waals surface area (Å²) in [6, 6.07) is 0. The SMILES string of the molecule is C#CC(=O)N(PN1C(=O)C=CC1=O)C(C)=O. The summed E-state index contributed by atoms with van der Waals surface area (Å²) >= 11 is 0. The van der Waals surface area contributed by atoms with E-state index in [1.165, 1.54) is 0 Å². The minimum Gasteiger partial charge on any atom is -0.274 e. The summed E-state index contributed by atoms with van der Waals surface area (Å²) in [6.45, 7) is 1.13. The van der Waals surface area contributed by atoms with Gasteiger partial charge in [-0.15, -0.1) is 6.42 Å². The molecule has 0 aromatic carbocycles. The molecule has 1 heterocycles. The Morgan fingerprint density at radius 1 is 1.38 bits per heavy atom. The zero-order valence-corrected chi connectivity index (χ0v) is 9.26. The second-order valence-electron chi connectivity index (χ2n) is 2.75. The number of imide groups is 2. The van der Waals surface area contributed by atoms with Gasteiger partial charge in [0.15, 0.2) is 0 Å². The fraction of sp³-hybridized carbons (Fsp3) is 0.111. The smallest absolute Gasteiger partial charge is 0.274 e. The fourth-order valence-electron chi connectivity index (χ4n) is 0.922. The molecule has 6 nitrogen and oxygen atoms in total. The van der Waals surface area contributed by atoms with Crippen LogP contribution in [-0.4, -0.2) is 33.0 Å². The van der Waals surface area contributed by atoms with Gasteiger partial charge in [0.1, 0.15) is 8.88 Å². The number of hydrogen-bond donors (Lipinski definition) is 0. The van der Waals surface area contributed by atoms with Crippen LogP contribution in [0.15, 0.2) is 12.2 Å². The van der Waals surface area contributed by atoms with Gasteiger partial charge in [-0.2, -0.15) is 0 Å². The van der Waals surface area contributed by atoms with E-state index in [9.17, 15) is 19.2 Å². The Kier molecular flexibility index (Phi) is 3.54. The molecule has 0 saturated carbocycles. The van der Waals surface area contributed by atoms with Gasteiger partial charge in [-0.05, 0) is 5.92 Å². The lowest BCUT2D eigenvalue weighted by Crippen LogP contribution is -2.33. The summed E-state index contributed by atoms with van der Waals surface area (Å²) in [7, 11) is -0.731. The molecule has 4 amide bonds. The van der Waals surface area contributed by atoms with Crippen molar-refractivity contribution >= 4 is 32.5 Å². The van der Waals surface area contributed by atoms with Gasteiger partial charge in [-0.1, -0.05) is 0 Å². The van der Waals surface area contributed by atoms with E-state index >= 15 is 0 Å². The molecule has 0 N–H and O–H groups in total. The quantitative estimate of drug-likeness (QED) is 0.366. The van der Waals surface area contributed by atoms with Crippen LogP contribution >= 0.6 is 8.88 Å². The lowest BCUT2D eigenvalue weighted by atomic mass is 10.6. The molecule has 0 aromatic rings. The maximum Gasteiger partial charge on any atom is 0.309 e. The Morgan fingerprint density at radius 3 is 2.25 bits per heavy atom. The van der Waals surface area contributed by atoms with Crippen molar-refractivity contribution in [3.63, 3.8) is 0 Å². The lowest BCUT2D eigenvalue weighted by molar-refractivity contribution is -0.134. The summed E-state index contributed by atoms with van der Waals surface area (Å²) in [4.78, 5) is 44.6. The lowest BCUT2D eigenvalue weighted by Gasteiger charge is -2.21. The van der Waals surface area contributed by atoms with Gasteiger partial charge in [0.25, 0.3) is 11.8 Å². The molecule has 0 radical (unpaired) electrons. The minimum absolute atomic E-state index is 0.570. The van der Waals surface area contributed by atoms with Crippen LogP contribution in [0.25, 0.3) is 0 Å². The first kappa shape index (κ1) is 12.1. The Balaban J connectivity index is 2.82. The molecular weight excluding hydrogens is 231 g/mol. The van der Waals surface area contributed by atoms with E-state index in [0.717, 1.165) is 23.7 Å². The molecule has 0 aromatic heterocycles. The van der Waals surface area contributed by atoms with Crippen LogP contribution in [0.1, 0.15) is 6.92 Å². The number of nitrogens with zero attached hydrogens (tertiary/aromatic N) is 2. The monoisotopic (exact) mass is 238 g/mol. The normalized spacial score (nSPS) is 14.6. The summed E-state index contributed by atoms with van der Waals surface area (Å²) in [6.07, 6.45) is 6.99. The number of rotatable bonds is 2. The number of hydrogen-bond acceptors (Lipinski definition) is 4. The number of carbonyl (C=O) groups excluding carboxylic acids is 4. The molecule has 1 aliphatic heterocycles. The van der Waals surface area contributed by atoms with Crippen molar-refractivity contribution < 1.29 is 19.2 Å². The summed E-state index contributed by atoms with van der Waals surface area (Å²) in [5.41, 5.74) is 0. The molecule has 1 unspecified atom stereocenters. The van der Waals surface area contributed by atoms with Gasteiger partial charge in [-0.25, -0.2) is 9.34 Å². The Morgan fingerprint density at radius 2 is 1.88 bits per heavy atom. The van der Waals surface area contributed by atoms with Gasteiger partial charge in [0.2, 0.25) is 5.91 Å². The molecule has 1 rings (SSSR count). The third-order valence-electron chi connectivity index (χ3n) is 1.65. The van der Waals surface area contributed by atoms with Gasteiger partial charge >= 0.3 is 5.91 Å². The maximum absolute atomic E-state index is 11.2. The zero-order chi connectivity index (χ0) is 12.3. The van der Waals surface area contributed by atoms with Crippen LogP contribution in [0.5, 0.6) is 0 Å². The molecule has 0 aliphatic carbocycles. The summed E-state index contributed by atoms with van der Waals surface area (Å²) < 4.78 is 1.44. The van der Waals surface area contributed by atoms with Crippen molar-refractivity contribution in [2.45, 2.75) is 6.92 Å². The summed E-state index contributed by atoms with van der Waals surface area (Å²) in [5.74, 6) is -0.880. The number of amides is 4. The highest BCUT2D eigenvalue weighted by Crippen LogP contribution is 2.27. The van der Waals surface area contributed by atoms with Crippen LogP contribution in [0.2, 0.25) is 0 Å². The highest BCUT2D eigenvalue weighted by Gasteiger charge is 2.29. The number of carbonyl (C=O) groups is 4. The van der Waals surface area contributed by atoms with E-state index in [2.05, 4.69) is 0 Å². The standard InChI is InChI=1S/C9H7N2O4P/c1-3-7(13)10(6(2)12)16-11-8(14)4-5-9(11)15/h1,4-5,16H,2H3. The Bertz CT molecular complexity index is 431. The molecule has 0 bridgehead atoms. The maximum atomic E-state index is 11.2. The first-order valence-electron chi connectivity index (χ1n) is 4.11. The van der Waals surface area contributed by atoms with Crippen molar-refractivity contribution in [1.29, 1.82) is 0 Å². The van der Waals surface area contributed by atoms with E-state index in [0.29, 0.717) is 4.67 Å². The second kappa shape index (κ2) is 4.69. The van der Waals surface area contributed by atoms with Gasteiger partial charge < -0.3 is 0 Å². The third-order valence-corrected chi connectivity index (χ3v) is 3.01. The van der Waals surface area contributed by atoms with Crippen LogP contribution in [0.4, 0.5) is 0 Å². The Hall–Kier alpha value is -1.99. The summed E-state index contributed by atoms with van der Waals surface area (Å²) in [5, 5.41) is 0. The minimum atomic E-state index is -0.877. The van der Waals surface area contributed by atoms with E-state index in [4.69, 9.17) is 6.42 Å². The van der Waals surface area contributed by atoms with Gasteiger partial charge in [0, 0.05) is 19.1 Å². The van der Waals surface area contributed by atoms with E-state index < -0.39 is 32.5 Å². The third kappa shape index (κ3) is 2.33. The van der Waals surface area contributed by atoms with Crippen molar-refractivity contribution in [3.8, 4) is 12.3 Å². The molecule has 0 fully saturated rings. The van der Waals surface area contributed by atoms with Gasteiger partial charge in [0.05, 0.1) is 0 Å². The first-order chi connectivity index (χ1) is 7.47. The Labute approximate surface area is 93.2 Å². The zero-order valence-electron chi connectivity index (χ0n) is 8.26. The van der Waals surface area contributed by atoms with Crippen LogP contribution in [0.3, 0.4) is 0 Å². The predicted molar refractivity (Wildman–Crippen MR) is 55.7 cm³/mol. The van der Waals surface area contributed by atoms with Crippen LogP contribution in [-0.2, 0) is 19.2 Å². The fourth-order valence-corrected chi connectivity index (χ4v) is 1.76. The second-order valence-corrected chi connectivity index (χ2v) is 3.84. The van der Waals surface area contributed by atoms with E-state index in [1.807, 2.05) is 0 Å². The van der Waals surface area contributed by atoms with Crippen LogP contribution < -0.4 is 0 Å². The molecule has 7 heteroatoms. The molecule has 16 heavy (non-hydrogen) atoms. The number of terminal acetylenes is 1. The largest absolute Gasteiger partial charge is 0.309 e. The topological polar surface area (TPSA) is 74.8 Å². The van der Waals surface area contributed by atoms with E-state index in [1.54, 1.807) is 5.92 Å². The van der Waals surface area contributed by atoms with Crippen LogP contribution in [0, 0.1) is 12.3 Å². The average molecular weight is 238 g/mol. The molecule has 82 valence electrons. The van der Waals surface area contributed by atoms with Crippen molar-refractivity contribution in [2.75, 3.05) is 0 Å². The first-order valence-corrected chi connectivity index (χ1v) is 5.00. The molecule has 1 atom stereocenters. The molecular formula is C9H7N2O4P. The highest BCUT2D eigenvalue weighted by atomic mass is 31.1. The average Bonchev–Trinajstić information content (AvgIpc) is 2.54. The molecule has 0 spiro atoms. The van der Waals surface area contributed by atoms with Crippen molar-refractivity contribution in [1.82, 2.24) is 9.34 Å².